The van der Waals surface area contributed by atoms with Crippen molar-refractivity contribution in [3.63, 3.8) is 0 Å². The van der Waals surface area contributed by atoms with E-state index in [0.29, 0.717) is 30.1 Å². The molecule has 3 rings (SSSR count). The Hall–Kier alpha value is -2.59. The van der Waals surface area contributed by atoms with Gasteiger partial charge in [-0.15, -0.1) is 12.4 Å². The number of hydrogen-bond donors (Lipinski definition) is 0. The molecule has 0 spiro atoms. The Labute approximate surface area is 242 Å². The lowest BCUT2D eigenvalue weighted by Gasteiger charge is -2.25. The van der Waals surface area contributed by atoms with Crippen molar-refractivity contribution in [2.24, 2.45) is 17.8 Å². The summed E-state index contributed by atoms with van der Waals surface area (Å²) in [6.45, 7) is 17.3. The first-order valence-electron chi connectivity index (χ1n) is 14.2. The number of methoxy groups -OCH3 is 1. The molecule has 0 radical (unpaired) electrons. The van der Waals surface area contributed by atoms with Crippen LogP contribution in [-0.2, 0) is 10.2 Å². The summed E-state index contributed by atoms with van der Waals surface area (Å²) in [6.07, 6.45) is 11.5. The molecule has 0 aromatic heterocycles. The number of halogens is 1. The van der Waals surface area contributed by atoms with Gasteiger partial charge in [0.05, 0.1) is 13.7 Å². The number of allylic oxidation sites excluding steroid dienone is 8. The van der Waals surface area contributed by atoms with E-state index in [4.69, 9.17) is 9.47 Å². The van der Waals surface area contributed by atoms with Gasteiger partial charge in [0.1, 0.15) is 0 Å². The summed E-state index contributed by atoms with van der Waals surface area (Å²) >= 11 is 0. The minimum absolute atomic E-state index is 0. The van der Waals surface area contributed by atoms with Crippen molar-refractivity contribution in [1.29, 1.82) is 0 Å². The molecule has 39 heavy (non-hydrogen) atoms. The van der Waals surface area contributed by atoms with E-state index in [1.54, 1.807) is 7.11 Å². The molecule has 0 saturated carbocycles. The van der Waals surface area contributed by atoms with E-state index in [1.165, 1.54) is 11.1 Å². The third-order valence-corrected chi connectivity index (χ3v) is 7.91. The Bertz CT molecular complexity index is 1190. The number of ether oxygens (including phenoxy) is 2. The molecule has 0 amide bonds. The molecular formula is C34H47ClO4. The van der Waals surface area contributed by atoms with Gasteiger partial charge in [0.15, 0.2) is 23.1 Å². The topological polar surface area (TPSA) is 52.6 Å². The zero-order valence-corrected chi connectivity index (χ0v) is 26.1. The highest BCUT2D eigenvalue weighted by molar-refractivity contribution is 6.01. The molecule has 1 aromatic carbocycles. The lowest BCUT2D eigenvalue weighted by molar-refractivity contribution is -0.119. The molecule has 214 valence electrons. The van der Waals surface area contributed by atoms with Crippen LogP contribution in [-0.4, -0.2) is 25.3 Å². The second-order valence-electron chi connectivity index (χ2n) is 11.6. The molecular weight excluding hydrogens is 508 g/mol. The number of fused-ring (bicyclic) bond motifs is 1. The highest BCUT2D eigenvalue weighted by Crippen LogP contribution is 2.46. The van der Waals surface area contributed by atoms with Gasteiger partial charge in [-0.1, -0.05) is 65.3 Å². The number of Topliss-reactive ketones (excluding diaryl/α,β-unsaturated/α-hetero) is 2. The summed E-state index contributed by atoms with van der Waals surface area (Å²) in [7, 11) is 1.65. The standard InChI is InChI=1S/C34H46O4.ClH/c1-10-14-38-31-20-24(18-29(33(31)37-9)34(6,7)8)30(35)19-23-16-27-21(5)15-25(17-28(27)26(23)13-4)32(36)22(11-2)12-3;/h13,15-18,20,22-23,28H,10-12,14,19H2,1-9H3;1H/b26-13+;. The maximum atomic E-state index is 13.8. The summed E-state index contributed by atoms with van der Waals surface area (Å²) in [5.41, 5.74) is 5.75. The number of carbonyl (C=O) groups excluding carboxylic acids is 2. The van der Waals surface area contributed by atoms with Crippen LogP contribution in [0.1, 0.15) is 97.0 Å². The Morgan fingerprint density at radius 3 is 2.28 bits per heavy atom. The summed E-state index contributed by atoms with van der Waals surface area (Å²) in [5, 5.41) is 0. The molecule has 0 N–H and O–H groups in total. The van der Waals surface area contributed by atoms with Gasteiger partial charge in [-0.25, -0.2) is 0 Å². The molecule has 2 aliphatic carbocycles. The second kappa shape index (κ2) is 13.7. The van der Waals surface area contributed by atoms with Crippen LogP contribution in [0.5, 0.6) is 11.5 Å². The van der Waals surface area contributed by atoms with Gasteiger partial charge in [0, 0.05) is 40.9 Å². The van der Waals surface area contributed by atoms with Crippen LogP contribution in [0.2, 0.25) is 0 Å². The van der Waals surface area contributed by atoms with Crippen LogP contribution in [0.4, 0.5) is 0 Å². The third kappa shape index (κ3) is 6.95. The Morgan fingerprint density at radius 2 is 1.74 bits per heavy atom. The van der Waals surface area contributed by atoms with Crippen molar-refractivity contribution in [2.75, 3.05) is 13.7 Å². The van der Waals surface area contributed by atoms with Crippen molar-refractivity contribution in [3.8, 4) is 11.5 Å². The van der Waals surface area contributed by atoms with Gasteiger partial charge >= 0.3 is 0 Å². The number of benzene rings is 1. The lowest BCUT2D eigenvalue weighted by atomic mass is 9.80. The fourth-order valence-corrected chi connectivity index (χ4v) is 5.72. The molecule has 2 unspecified atom stereocenters. The number of hydrogen-bond acceptors (Lipinski definition) is 4. The molecule has 0 saturated heterocycles. The van der Waals surface area contributed by atoms with Crippen molar-refractivity contribution in [1.82, 2.24) is 0 Å². The minimum Gasteiger partial charge on any atom is -0.493 e. The highest BCUT2D eigenvalue weighted by atomic mass is 35.5. The van der Waals surface area contributed by atoms with E-state index in [1.807, 2.05) is 25.1 Å². The molecule has 2 aliphatic rings. The van der Waals surface area contributed by atoms with Crippen molar-refractivity contribution < 1.29 is 19.1 Å². The van der Waals surface area contributed by atoms with Crippen LogP contribution < -0.4 is 9.47 Å². The third-order valence-electron chi connectivity index (χ3n) is 7.91. The lowest BCUT2D eigenvalue weighted by Crippen LogP contribution is -2.19. The molecule has 2 atom stereocenters. The fraction of sp³-hybridized carbons (Fsp3) is 0.529. The summed E-state index contributed by atoms with van der Waals surface area (Å²) in [5.74, 6) is 1.75. The average Bonchev–Trinajstić information content (AvgIpc) is 3.24. The van der Waals surface area contributed by atoms with E-state index >= 15 is 0 Å². The first-order valence-corrected chi connectivity index (χ1v) is 14.2. The van der Waals surface area contributed by atoms with E-state index < -0.39 is 0 Å². The zero-order valence-electron chi connectivity index (χ0n) is 25.3. The Balaban J connectivity index is 0.00000533. The monoisotopic (exact) mass is 554 g/mol. The van der Waals surface area contributed by atoms with Crippen molar-refractivity contribution in [2.45, 2.75) is 86.5 Å². The van der Waals surface area contributed by atoms with Gasteiger partial charge in [0.2, 0.25) is 0 Å². The van der Waals surface area contributed by atoms with Crippen LogP contribution in [0, 0.1) is 17.8 Å². The number of rotatable bonds is 11. The van der Waals surface area contributed by atoms with Gasteiger partial charge in [0.25, 0.3) is 0 Å². The summed E-state index contributed by atoms with van der Waals surface area (Å²) < 4.78 is 11.8. The number of carbonyl (C=O) groups is 2. The second-order valence-corrected chi connectivity index (χ2v) is 11.6. The maximum Gasteiger partial charge on any atom is 0.165 e. The molecule has 0 bridgehead atoms. The average molecular weight is 555 g/mol. The minimum atomic E-state index is -0.213. The Kier molecular flexibility index (Phi) is 11.4. The normalized spacial score (nSPS) is 19.6. The highest BCUT2D eigenvalue weighted by Gasteiger charge is 2.35. The predicted molar refractivity (Wildman–Crippen MR) is 163 cm³/mol. The molecule has 5 heteroatoms. The van der Waals surface area contributed by atoms with Crippen LogP contribution >= 0.6 is 12.4 Å². The summed E-state index contributed by atoms with van der Waals surface area (Å²) in [4.78, 5) is 26.9. The van der Waals surface area contributed by atoms with Crippen LogP contribution in [0.15, 0.2) is 58.7 Å². The first-order chi connectivity index (χ1) is 18.0. The van der Waals surface area contributed by atoms with Gasteiger partial charge in [-0.3, -0.25) is 9.59 Å². The SMILES string of the molecule is C/C=C1\C(CC(=O)c2cc(OCCC)c(OC)c(C(C)(C)C)c2)C=C2C(C)=CC(C(=O)C(CC)CC)=CC21.Cl. The maximum absolute atomic E-state index is 13.8. The van der Waals surface area contributed by atoms with E-state index in [0.717, 1.165) is 36.0 Å². The van der Waals surface area contributed by atoms with Gasteiger partial charge in [-0.05, 0) is 67.9 Å². The summed E-state index contributed by atoms with van der Waals surface area (Å²) in [6, 6.07) is 3.82. The molecule has 1 aromatic rings. The van der Waals surface area contributed by atoms with Crippen molar-refractivity contribution >= 4 is 24.0 Å². The van der Waals surface area contributed by atoms with Gasteiger partial charge < -0.3 is 9.47 Å². The van der Waals surface area contributed by atoms with E-state index in [-0.39, 0.29) is 47.1 Å². The smallest absolute Gasteiger partial charge is 0.165 e. The predicted octanol–water partition coefficient (Wildman–Crippen LogP) is 8.79. The van der Waals surface area contributed by atoms with E-state index in [2.05, 4.69) is 66.7 Å². The first kappa shape index (κ1) is 32.6. The Morgan fingerprint density at radius 1 is 1.08 bits per heavy atom. The fourth-order valence-electron chi connectivity index (χ4n) is 5.72. The molecule has 4 nitrogen and oxygen atoms in total. The zero-order chi connectivity index (χ0) is 28.2. The molecule has 0 aliphatic heterocycles. The quantitative estimate of drug-likeness (QED) is 0.202. The van der Waals surface area contributed by atoms with Crippen molar-refractivity contribution in [3.05, 3.63) is 69.9 Å². The van der Waals surface area contributed by atoms with Crippen LogP contribution in [0.3, 0.4) is 0 Å². The molecule has 0 fully saturated rings. The number of ketones is 2. The largest absolute Gasteiger partial charge is 0.493 e. The molecule has 0 heterocycles. The van der Waals surface area contributed by atoms with E-state index in [9.17, 15) is 9.59 Å². The van der Waals surface area contributed by atoms with Crippen LogP contribution in [0.25, 0.3) is 0 Å². The van der Waals surface area contributed by atoms with Gasteiger partial charge in [-0.2, -0.15) is 0 Å².